The average molecular weight is 277 g/mol. The molecular formula is C15H19NS2. The number of nitrogens with one attached hydrogen (secondary N) is 1. The Labute approximate surface area is 118 Å². The molecule has 0 bridgehead atoms. The van der Waals surface area contributed by atoms with Gasteiger partial charge in [-0.1, -0.05) is 42.8 Å². The number of hydrogen-bond acceptors (Lipinski definition) is 3. The summed E-state index contributed by atoms with van der Waals surface area (Å²) in [7, 11) is 0. The van der Waals surface area contributed by atoms with Crippen molar-refractivity contribution in [3.05, 3.63) is 52.9 Å². The second kappa shape index (κ2) is 6.98. The van der Waals surface area contributed by atoms with Crippen LogP contribution in [0.1, 0.15) is 24.1 Å². The van der Waals surface area contributed by atoms with Gasteiger partial charge in [-0.15, -0.1) is 23.1 Å². The van der Waals surface area contributed by atoms with Crippen LogP contribution in [0.15, 0.2) is 46.0 Å². The van der Waals surface area contributed by atoms with Gasteiger partial charge in [0.1, 0.15) is 0 Å². The third-order valence-corrected chi connectivity index (χ3v) is 5.04. The van der Waals surface area contributed by atoms with Crippen molar-refractivity contribution < 1.29 is 0 Å². The van der Waals surface area contributed by atoms with E-state index in [2.05, 4.69) is 60.9 Å². The zero-order valence-electron chi connectivity index (χ0n) is 10.8. The number of aryl methyl sites for hydroxylation is 1. The zero-order valence-corrected chi connectivity index (χ0v) is 12.5. The Morgan fingerprint density at radius 3 is 2.61 bits per heavy atom. The lowest BCUT2D eigenvalue weighted by molar-refractivity contribution is 0.606. The Hall–Kier alpha value is -0.770. The van der Waals surface area contributed by atoms with Gasteiger partial charge in [-0.25, -0.2) is 0 Å². The molecule has 2 rings (SSSR count). The van der Waals surface area contributed by atoms with Crippen molar-refractivity contribution in [3.8, 4) is 0 Å². The summed E-state index contributed by atoms with van der Waals surface area (Å²) in [5, 5.41) is 5.70. The summed E-state index contributed by atoms with van der Waals surface area (Å²) in [5.74, 6) is 1.08. The molecule has 3 heteroatoms. The summed E-state index contributed by atoms with van der Waals surface area (Å²) in [6.07, 6.45) is 0. The van der Waals surface area contributed by atoms with Gasteiger partial charge < -0.3 is 5.32 Å². The quantitative estimate of drug-likeness (QED) is 0.780. The minimum Gasteiger partial charge on any atom is -0.309 e. The maximum absolute atomic E-state index is 3.56. The Bertz CT molecular complexity index is 448. The molecule has 1 unspecified atom stereocenters. The van der Waals surface area contributed by atoms with Gasteiger partial charge in [0.2, 0.25) is 0 Å². The summed E-state index contributed by atoms with van der Waals surface area (Å²) >= 11 is 3.75. The smallest absolute Gasteiger partial charge is 0.0599 e. The summed E-state index contributed by atoms with van der Waals surface area (Å²) in [4.78, 5) is 0. The maximum atomic E-state index is 3.56. The van der Waals surface area contributed by atoms with Crippen LogP contribution in [-0.4, -0.2) is 12.3 Å². The van der Waals surface area contributed by atoms with E-state index < -0.39 is 0 Å². The number of thiophene rings is 1. The van der Waals surface area contributed by atoms with Gasteiger partial charge in [-0.2, -0.15) is 0 Å². The van der Waals surface area contributed by atoms with Gasteiger partial charge >= 0.3 is 0 Å². The Balaban J connectivity index is 2.01. The number of thioether (sulfide) groups is 1. The SMILES string of the molecule is CCNC(CSc1cccs1)c1ccc(C)cc1. The molecule has 1 aromatic heterocycles. The van der Waals surface area contributed by atoms with Crippen LogP contribution < -0.4 is 5.32 Å². The van der Waals surface area contributed by atoms with E-state index in [1.54, 1.807) is 0 Å². The maximum Gasteiger partial charge on any atom is 0.0599 e. The van der Waals surface area contributed by atoms with Crippen molar-refractivity contribution in [2.24, 2.45) is 0 Å². The predicted octanol–water partition coefficient (Wildman–Crippen LogP) is 4.50. The van der Waals surface area contributed by atoms with Crippen molar-refractivity contribution in [2.45, 2.75) is 24.1 Å². The van der Waals surface area contributed by atoms with E-state index in [0.717, 1.165) is 12.3 Å². The van der Waals surface area contributed by atoms with E-state index in [0.29, 0.717) is 6.04 Å². The molecule has 0 spiro atoms. The number of hydrogen-bond donors (Lipinski definition) is 1. The minimum absolute atomic E-state index is 0.433. The number of benzene rings is 1. The van der Waals surface area contributed by atoms with Crippen LogP contribution in [0.4, 0.5) is 0 Å². The lowest BCUT2D eigenvalue weighted by Crippen LogP contribution is -2.22. The molecule has 0 aliphatic heterocycles. The van der Waals surface area contributed by atoms with E-state index in [9.17, 15) is 0 Å². The fourth-order valence-electron chi connectivity index (χ4n) is 1.83. The summed E-state index contributed by atoms with van der Waals surface area (Å²) in [5.41, 5.74) is 2.70. The molecule has 0 amide bonds. The molecule has 0 aliphatic carbocycles. The molecule has 0 aliphatic rings. The highest BCUT2D eigenvalue weighted by atomic mass is 32.2. The normalized spacial score (nSPS) is 12.6. The highest BCUT2D eigenvalue weighted by Gasteiger charge is 2.10. The van der Waals surface area contributed by atoms with E-state index in [4.69, 9.17) is 0 Å². The van der Waals surface area contributed by atoms with Crippen LogP contribution >= 0.6 is 23.1 Å². The number of rotatable bonds is 6. The van der Waals surface area contributed by atoms with Gasteiger partial charge in [0.15, 0.2) is 0 Å². The van der Waals surface area contributed by atoms with Crippen LogP contribution in [0.3, 0.4) is 0 Å². The van der Waals surface area contributed by atoms with Crippen molar-refractivity contribution in [1.82, 2.24) is 5.32 Å². The van der Waals surface area contributed by atoms with Gasteiger partial charge in [-0.3, -0.25) is 0 Å². The molecule has 1 heterocycles. The van der Waals surface area contributed by atoms with Crippen LogP contribution in [0.2, 0.25) is 0 Å². The average Bonchev–Trinajstić information content (AvgIpc) is 2.89. The zero-order chi connectivity index (χ0) is 12.8. The highest BCUT2D eigenvalue weighted by molar-refractivity contribution is 8.01. The third kappa shape index (κ3) is 3.87. The molecule has 0 saturated heterocycles. The Kier molecular flexibility index (Phi) is 5.29. The van der Waals surface area contributed by atoms with Crippen LogP contribution in [-0.2, 0) is 0 Å². The fourth-order valence-corrected chi connectivity index (χ4v) is 3.74. The molecule has 18 heavy (non-hydrogen) atoms. The van der Waals surface area contributed by atoms with Gasteiger partial charge in [0, 0.05) is 11.8 Å². The lowest BCUT2D eigenvalue weighted by atomic mass is 10.1. The van der Waals surface area contributed by atoms with Crippen molar-refractivity contribution in [3.63, 3.8) is 0 Å². The van der Waals surface area contributed by atoms with Crippen LogP contribution in [0, 0.1) is 6.92 Å². The molecule has 2 aromatic rings. The van der Waals surface area contributed by atoms with Gasteiger partial charge in [-0.05, 0) is 30.5 Å². The topological polar surface area (TPSA) is 12.0 Å². The van der Waals surface area contributed by atoms with E-state index in [1.165, 1.54) is 15.3 Å². The molecule has 1 nitrogen and oxygen atoms in total. The van der Waals surface area contributed by atoms with Gasteiger partial charge in [0.05, 0.1) is 4.21 Å². The van der Waals surface area contributed by atoms with E-state index in [1.807, 2.05) is 23.1 Å². The molecule has 1 N–H and O–H groups in total. The fraction of sp³-hybridized carbons (Fsp3) is 0.333. The second-order valence-corrected chi connectivity index (χ2v) is 6.53. The summed E-state index contributed by atoms with van der Waals surface area (Å²) in [6.45, 7) is 5.30. The first-order valence-corrected chi connectivity index (χ1v) is 8.12. The lowest BCUT2D eigenvalue weighted by Gasteiger charge is -2.17. The highest BCUT2D eigenvalue weighted by Crippen LogP contribution is 2.28. The summed E-state index contributed by atoms with van der Waals surface area (Å²) < 4.78 is 1.39. The molecule has 0 radical (unpaired) electrons. The first-order valence-electron chi connectivity index (χ1n) is 6.26. The molecule has 0 saturated carbocycles. The molecule has 0 fully saturated rings. The van der Waals surface area contributed by atoms with Gasteiger partial charge in [0.25, 0.3) is 0 Å². The third-order valence-electron chi connectivity index (χ3n) is 2.82. The predicted molar refractivity (Wildman–Crippen MR) is 82.6 cm³/mol. The molecule has 1 aromatic carbocycles. The van der Waals surface area contributed by atoms with E-state index in [-0.39, 0.29) is 0 Å². The largest absolute Gasteiger partial charge is 0.309 e. The molecule has 1 atom stereocenters. The van der Waals surface area contributed by atoms with Crippen molar-refractivity contribution in [1.29, 1.82) is 0 Å². The second-order valence-electron chi connectivity index (χ2n) is 4.26. The van der Waals surface area contributed by atoms with E-state index >= 15 is 0 Å². The van der Waals surface area contributed by atoms with Crippen molar-refractivity contribution in [2.75, 3.05) is 12.3 Å². The molecule has 96 valence electrons. The standard InChI is InChI=1S/C15H19NS2/c1-3-16-14(11-18-15-5-4-10-17-15)13-8-6-12(2)7-9-13/h4-10,14,16H,3,11H2,1-2H3. The monoisotopic (exact) mass is 277 g/mol. The summed E-state index contributed by atoms with van der Waals surface area (Å²) in [6, 6.07) is 13.6. The first kappa shape index (κ1) is 13.7. The van der Waals surface area contributed by atoms with Crippen molar-refractivity contribution >= 4 is 23.1 Å². The Morgan fingerprint density at radius 2 is 2.00 bits per heavy atom. The minimum atomic E-state index is 0.433. The van der Waals surface area contributed by atoms with Crippen LogP contribution in [0.25, 0.3) is 0 Å². The first-order chi connectivity index (χ1) is 8.79. The Morgan fingerprint density at radius 1 is 1.22 bits per heavy atom. The molecular weight excluding hydrogens is 258 g/mol. The van der Waals surface area contributed by atoms with Crippen LogP contribution in [0.5, 0.6) is 0 Å².